The number of carbonyl (C=O) groups excluding carboxylic acids is 4. The van der Waals surface area contributed by atoms with Crippen molar-refractivity contribution >= 4 is 39.5 Å². The Morgan fingerprint density at radius 1 is 0.318 bits per heavy atom. The summed E-state index contributed by atoms with van der Waals surface area (Å²) in [7, 11) is -9.90. The Labute approximate surface area is 535 Å². The van der Waals surface area contributed by atoms with Gasteiger partial charge in [-0.05, 0) is 51.4 Å². The van der Waals surface area contributed by atoms with Gasteiger partial charge in [-0.1, -0.05) is 283 Å². The van der Waals surface area contributed by atoms with Crippen molar-refractivity contribution in [3.05, 3.63) is 24.3 Å². The van der Waals surface area contributed by atoms with Gasteiger partial charge in [0, 0.05) is 25.7 Å². The zero-order chi connectivity index (χ0) is 64.7. The molecule has 19 heteroatoms. The highest BCUT2D eigenvalue weighted by Gasteiger charge is 2.30. The first kappa shape index (κ1) is 85.5. The van der Waals surface area contributed by atoms with Gasteiger partial charge in [0.1, 0.15) is 19.3 Å². The van der Waals surface area contributed by atoms with E-state index in [9.17, 15) is 43.2 Å². The highest BCUT2D eigenvalue weighted by Crippen LogP contribution is 2.45. The average Bonchev–Trinajstić information content (AvgIpc) is 3.69. The van der Waals surface area contributed by atoms with Crippen molar-refractivity contribution in [3.8, 4) is 0 Å². The van der Waals surface area contributed by atoms with Gasteiger partial charge in [0.05, 0.1) is 26.4 Å². The summed E-state index contributed by atoms with van der Waals surface area (Å²) in [5, 5.41) is 10.6. The molecule has 0 radical (unpaired) electrons. The Balaban J connectivity index is 5.24. The number of unbranched alkanes of at least 4 members (excludes halogenated alkanes) is 39. The standard InChI is InChI=1S/C69H130O17P2/c1-5-9-13-17-21-24-27-29-31-33-36-38-42-46-50-54-67(72)80-60-65(86-69(74)56-52-48-44-40-37-34-32-30-28-25-22-18-14-10-6-2)62-84-88(77,78)82-58-63(70)57-81-87(75,76)83-61-64(59-79-66(71)53-49-45-41-20-16-12-8-4)85-68(73)55-51-47-43-39-35-26-23-19-15-11-7-3/h25,28,30,32,63-65,70H,5-24,26-27,29,31,33-62H2,1-4H3,(H,75,76)(H,77,78)/b28-25-,32-30-/t63-,64+,65+/m0/s1. The van der Waals surface area contributed by atoms with Crippen molar-refractivity contribution in [2.45, 2.75) is 354 Å². The number of rotatable bonds is 68. The van der Waals surface area contributed by atoms with Crippen LogP contribution in [0.2, 0.25) is 0 Å². The van der Waals surface area contributed by atoms with Crippen LogP contribution in [-0.2, 0) is 65.4 Å². The maximum atomic E-state index is 13.0. The monoisotopic (exact) mass is 1290 g/mol. The number of phosphoric acid groups is 2. The molecule has 88 heavy (non-hydrogen) atoms. The fourth-order valence-electron chi connectivity index (χ4n) is 9.98. The van der Waals surface area contributed by atoms with Crippen molar-refractivity contribution in [3.63, 3.8) is 0 Å². The SMILES string of the molecule is CCCCCC/C=C\C=C/CCCCCCCC(=O)O[C@H](COC(=O)CCCCCCCCCCCCCCCCC)COP(=O)(O)OC[C@@H](O)COP(=O)(O)OC[C@@H](COC(=O)CCCCCCCCC)OC(=O)CCCCCCCCCCCCC. The van der Waals surface area contributed by atoms with Crippen LogP contribution in [0.1, 0.15) is 336 Å². The van der Waals surface area contributed by atoms with Crippen LogP contribution in [0, 0.1) is 0 Å². The lowest BCUT2D eigenvalue weighted by molar-refractivity contribution is -0.161. The zero-order valence-electron chi connectivity index (χ0n) is 56.2. The van der Waals surface area contributed by atoms with Crippen LogP contribution >= 0.6 is 15.6 Å². The molecule has 0 aromatic rings. The van der Waals surface area contributed by atoms with E-state index < -0.39 is 97.5 Å². The fourth-order valence-corrected chi connectivity index (χ4v) is 11.6. The van der Waals surface area contributed by atoms with Gasteiger partial charge in [-0.3, -0.25) is 37.3 Å². The second-order valence-electron chi connectivity index (χ2n) is 24.2. The van der Waals surface area contributed by atoms with E-state index in [1.807, 2.05) is 0 Å². The Morgan fingerprint density at radius 2 is 0.545 bits per heavy atom. The van der Waals surface area contributed by atoms with Crippen LogP contribution in [0.5, 0.6) is 0 Å². The Morgan fingerprint density at radius 3 is 0.830 bits per heavy atom. The first-order chi connectivity index (χ1) is 42.7. The van der Waals surface area contributed by atoms with Gasteiger partial charge in [-0.25, -0.2) is 9.13 Å². The molecule has 0 fully saturated rings. The number of phosphoric ester groups is 2. The first-order valence-electron chi connectivity index (χ1n) is 35.6. The summed E-state index contributed by atoms with van der Waals surface area (Å²) in [6, 6.07) is 0. The molecule has 0 saturated carbocycles. The molecule has 518 valence electrons. The molecule has 0 aromatic heterocycles. The molecule has 0 rings (SSSR count). The number of aliphatic hydroxyl groups excluding tert-OH is 1. The predicted octanol–water partition coefficient (Wildman–Crippen LogP) is 19.4. The molecular weight excluding hydrogens is 1160 g/mol. The molecule has 5 atom stereocenters. The molecule has 0 aromatic carbocycles. The van der Waals surface area contributed by atoms with E-state index in [1.54, 1.807) is 0 Å². The van der Waals surface area contributed by atoms with E-state index in [0.29, 0.717) is 25.7 Å². The molecule has 0 aliphatic rings. The van der Waals surface area contributed by atoms with E-state index >= 15 is 0 Å². The number of hydrogen-bond acceptors (Lipinski definition) is 15. The maximum absolute atomic E-state index is 13.0. The molecule has 0 heterocycles. The topological polar surface area (TPSA) is 237 Å². The molecular formula is C69H130O17P2. The van der Waals surface area contributed by atoms with Crippen molar-refractivity contribution in [2.24, 2.45) is 0 Å². The highest BCUT2D eigenvalue weighted by atomic mass is 31.2. The lowest BCUT2D eigenvalue weighted by Gasteiger charge is -2.21. The Kier molecular flexibility index (Phi) is 61.5. The number of carbonyl (C=O) groups is 4. The van der Waals surface area contributed by atoms with Crippen molar-refractivity contribution in [1.82, 2.24) is 0 Å². The summed E-state index contributed by atoms with van der Waals surface area (Å²) in [5.41, 5.74) is 0. The smallest absolute Gasteiger partial charge is 0.462 e. The molecule has 0 amide bonds. The van der Waals surface area contributed by atoms with Gasteiger partial charge in [-0.2, -0.15) is 0 Å². The third kappa shape index (κ3) is 62.4. The molecule has 0 aliphatic heterocycles. The van der Waals surface area contributed by atoms with Gasteiger partial charge in [0.2, 0.25) is 0 Å². The summed E-state index contributed by atoms with van der Waals surface area (Å²) in [4.78, 5) is 72.3. The highest BCUT2D eigenvalue weighted by molar-refractivity contribution is 7.47. The quantitative estimate of drug-likeness (QED) is 0.0169. The van der Waals surface area contributed by atoms with E-state index in [0.717, 1.165) is 116 Å². The summed E-state index contributed by atoms with van der Waals surface area (Å²) in [6.07, 6.45) is 53.6. The summed E-state index contributed by atoms with van der Waals surface area (Å²) in [6.45, 7) is 4.83. The second kappa shape index (κ2) is 63.3. The molecule has 3 N–H and O–H groups in total. The Bertz CT molecular complexity index is 1780. The van der Waals surface area contributed by atoms with Crippen LogP contribution < -0.4 is 0 Å². The van der Waals surface area contributed by atoms with Crippen LogP contribution in [-0.4, -0.2) is 96.7 Å². The third-order valence-electron chi connectivity index (χ3n) is 15.5. The number of ether oxygens (including phenoxy) is 4. The van der Waals surface area contributed by atoms with E-state index in [1.165, 1.54) is 141 Å². The van der Waals surface area contributed by atoms with Gasteiger partial charge in [0.25, 0.3) is 0 Å². The molecule has 2 unspecified atom stereocenters. The lowest BCUT2D eigenvalue weighted by atomic mass is 10.0. The first-order valence-corrected chi connectivity index (χ1v) is 38.6. The van der Waals surface area contributed by atoms with Gasteiger partial charge in [-0.15, -0.1) is 0 Å². The van der Waals surface area contributed by atoms with Crippen LogP contribution in [0.3, 0.4) is 0 Å². The summed E-state index contributed by atoms with van der Waals surface area (Å²) >= 11 is 0. The van der Waals surface area contributed by atoms with Crippen molar-refractivity contribution in [1.29, 1.82) is 0 Å². The molecule has 0 saturated heterocycles. The van der Waals surface area contributed by atoms with Crippen molar-refractivity contribution < 1.29 is 80.2 Å². The Hall–Kier alpha value is -2.46. The fraction of sp³-hybridized carbons (Fsp3) is 0.884. The van der Waals surface area contributed by atoms with E-state index in [-0.39, 0.29) is 25.7 Å². The molecule has 0 bridgehead atoms. The number of hydrogen-bond donors (Lipinski definition) is 3. The summed E-state index contributed by atoms with van der Waals surface area (Å²) < 4.78 is 68.1. The number of allylic oxidation sites excluding steroid dienone is 4. The van der Waals surface area contributed by atoms with Gasteiger partial charge in [0.15, 0.2) is 12.2 Å². The van der Waals surface area contributed by atoms with Crippen LogP contribution in [0.15, 0.2) is 24.3 Å². The number of aliphatic hydroxyl groups is 1. The van der Waals surface area contributed by atoms with E-state index in [4.69, 9.17) is 37.0 Å². The van der Waals surface area contributed by atoms with Crippen LogP contribution in [0.4, 0.5) is 0 Å². The summed E-state index contributed by atoms with van der Waals surface area (Å²) in [5.74, 6) is -2.16. The number of esters is 4. The van der Waals surface area contributed by atoms with E-state index in [2.05, 4.69) is 52.0 Å². The van der Waals surface area contributed by atoms with Gasteiger partial charge < -0.3 is 33.8 Å². The maximum Gasteiger partial charge on any atom is 0.472 e. The molecule has 17 nitrogen and oxygen atoms in total. The molecule has 0 aliphatic carbocycles. The van der Waals surface area contributed by atoms with Crippen molar-refractivity contribution in [2.75, 3.05) is 39.6 Å². The normalized spacial score (nSPS) is 14.2. The minimum absolute atomic E-state index is 0.0858. The van der Waals surface area contributed by atoms with Gasteiger partial charge >= 0.3 is 39.5 Å². The molecule has 0 spiro atoms. The minimum atomic E-state index is -4.96. The van der Waals surface area contributed by atoms with Crippen LogP contribution in [0.25, 0.3) is 0 Å². The average molecular weight is 1290 g/mol. The third-order valence-corrected chi connectivity index (χ3v) is 17.4. The zero-order valence-corrected chi connectivity index (χ0v) is 58.0. The largest absolute Gasteiger partial charge is 0.472 e. The second-order valence-corrected chi connectivity index (χ2v) is 27.1. The predicted molar refractivity (Wildman–Crippen MR) is 354 cm³/mol. The lowest BCUT2D eigenvalue weighted by Crippen LogP contribution is -2.30. The minimum Gasteiger partial charge on any atom is -0.462 e.